The zero-order chi connectivity index (χ0) is 16.2. The number of nitrogens with one attached hydrogen (secondary N) is 1. The van der Waals surface area contributed by atoms with Gasteiger partial charge in [-0.2, -0.15) is 0 Å². The van der Waals surface area contributed by atoms with Crippen molar-refractivity contribution < 1.29 is 9.53 Å². The second-order valence-electron chi connectivity index (χ2n) is 6.75. The van der Waals surface area contributed by atoms with E-state index in [9.17, 15) is 4.79 Å². The van der Waals surface area contributed by atoms with Gasteiger partial charge >= 0.3 is 6.09 Å². The molecule has 130 valence electrons. The first-order valence-electron chi connectivity index (χ1n) is 7.79. The van der Waals surface area contributed by atoms with Crippen LogP contribution in [0.2, 0.25) is 5.02 Å². The second-order valence-corrected chi connectivity index (χ2v) is 7.19. The zero-order valence-electron chi connectivity index (χ0n) is 14.0. The van der Waals surface area contributed by atoms with E-state index in [4.69, 9.17) is 16.3 Å². The molecule has 2 rings (SSSR count). The molecule has 0 spiro atoms. The van der Waals surface area contributed by atoms with E-state index in [0.717, 1.165) is 37.5 Å². The Morgan fingerprint density at radius 2 is 1.83 bits per heavy atom. The first-order chi connectivity index (χ1) is 10.3. The molecule has 1 aromatic carbocycles. The molecule has 1 amide bonds. The van der Waals surface area contributed by atoms with Crippen LogP contribution in [0.15, 0.2) is 24.3 Å². The van der Waals surface area contributed by atoms with Gasteiger partial charge < -0.3 is 15.0 Å². The van der Waals surface area contributed by atoms with Crippen molar-refractivity contribution in [2.45, 2.75) is 51.8 Å². The molecule has 0 bridgehead atoms. The van der Waals surface area contributed by atoms with E-state index in [2.05, 4.69) is 5.32 Å². The Bertz CT molecular complexity index is 492. The Balaban J connectivity index is 0.00000264. The van der Waals surface area contributed by atoms with E-state index in [1.807, 2.05) is 45.0 Å². The monoisotopic (exact) mass is 360 g/mol. The Kier molecular flexibility index (Phi) is 7.65. The smallest absolute Gasteiger partial charge is 0.410 e. The molecule has 0 radical (unpaired) electrons. The van der Waals surface area contributed by atoms with E-state index >= 15 is 0 Å². The molecule has 1 saturated heterocycles. The Hall–Kier alpha value is -0.970. The van der Waals surface area contributed by atoms with Crippen LogP contribution in [0, 0.1) is 0 Å². The highest BCUT2D eigenvalue weighted by molar-refractivity contribution is 6.30. The van der Waals surface area contributed by atoms with Crippen molar-refractivity contribution in [2.75, 3.05) is 13.1 Å². The summed E-state index contributed by atoms with van der Waals surface area (Å²) >= 11 is 5.88. The lowest BCUT2D eigenvalue weighted by Crippen LogP contribution is -2.46. The lowest BCUT2D eigenvalue weighted by molar-refractivity contribution is 0.0198. The fourth-order valence-corrected chi connectivity index (χ4v) is 2.58. The molecule has 0 atom stereocenters. The number of amides is 1. The molecule has 6 heteroatoms. The SMILES string of the molecule is CC(C)(C)OC(=O)N1CCC(NCc2ccc(Cl)cc2)CC1.Cl. The summed E-state index contributed by atoms with van der Waals surface area (Å²) in [5, 5.41) is 4.30. The van der Waals surface area contributed by atoms with Crippen LogP contribution in [0.25, 0.3) is 0 Å². The van der Waals surface area contributed by atoms with E-state index in [1.54, 1.807) is 4.90 Å². The number of ether oxygens (including phenoxy) is 1. The molecule has 0 aliphatic carbocycles. The van der Waals surface area contributed by atoms with Crippen molar-refractivity contribution >= 4 is 30.1 Å². The van der Waals surface area contributed by atoms with Gasteiger partial charge in [0.1, 0.15) is 5.60 Å². The summed E-state index contributed by atoms with van der Waals surface area (Å²) < 4.78 is 5.41. The summed E-state index contributed by atoms with van der Waals surface area (Å²) in [5.74, 6) is 0. The molecule has 1 aliphatic rings. The molecular weight excluding hydrogens is 335 g/mol. The predicted molar refractivity (Wildman–Crippen MR) is 96.4 cm³/mol. The van der Waals surface area contributed by atoms with Crippen molar-refractivity contribution in [3.8, 4) is 0 Å². The second kappa shape index (κ2) is 8.76. The summed E-state index contributed by atoms with van der Waals surface area (Å²) in [6.07, 6.45) is 1.70. The number of piperidine rings is 1. The third-order valence-corrected chi connectivity index (χ3v) is 3.91. The number of carbonyl (C=O) groups is 1. The van der Waals surface area contributed by atoms with Crippen LogP contribution in [-0.2, 0) is 11.3 Å². The van der Waals surface area contributed by atoms with E-state index < -0.39 is 5.60 Å². The van der Waals surface area contributed by atoms with Crippen molar-refractivity contribution in [3.05, 3.63) is 34.9 Å². The number of benzene rings is 1. The first kappa shape index (κ1) is 20.1. The third kappa shape index (κ3) is 6.98. The van der Waals surface area contributed by atoms with Crippen LogP contribution < -0.4 is 5.32 Å². The molecule has 0 aromatic heterocycles. The number of halogens is 2. The maximum absolute atomic E-state index is 12.0. The number of hydrogen-bond acceptors (Lipinski definition) is 3. The van der Waals surface area contributed by atoms with Gasteiger partial charge in [-0.15, -0.1) is 12.4 Å². The molecule has 23 heavy (non-hydrogen) atoms. The Morgan fingerprint density at radius 1 is 1.26 bits per heavy atom. The molecular formula is C17H26Cl2N2O2. The van der Waals surface area contributed by atoms with Gasteiger partial charge in [-0.05, 0) is 51.3 Å². The fourth-order valence-electron chi connectivity index (χ4n) is 2.46. The van der Waals surface area contributed by atoms with Crippen molar-refractivity contribution in [1.29, 1.82) is 0 Å². The summed E-state index contributed by atoms with van der Waals surface area (Å²) in [7, 11) is 0. The number of rotatable bonds is 3. The predicted octanol–water partition coefficient (Wildman–Crippen LogP) is 4.25. The molecule has 1 aliphatic heterocycles. The quantitative estimate of drug-likeness (QED) is 0.875. The third-order valence-electron chi connectivity index (χ3n) is 3.65. The number of likely N-dealkylation sites (tertiary alicyclic amines) is 1. The highest BCUT2D eigenvalue weighted by Gasteiger charge is 2.26. The van der Waals surface area contributed by atoms with E-state index in [1.165, 1.54) is 5.56 Å². The van der Waals surface area contributed by atoms with Gasteiger partial charge in [0.05, 0.1) is 0 Å². The summed E-state index contributed by atoms with van der Waals surface area (Å²) in [4.78, 5) is 13.8. The van der Waals surface area contributed by atoms with Crippen LogP contribution in [0.4, 0.5) is 4.79 Å². The van der Waals surface area contributed by atoms with Crippen LogP contribution in [-0.4, -0.2) is 35.7 Å². The average molecular weight is 361 g/mol. The Morgan fingerprint density at radius 3 is 2.35 bits per heavy atom. The molecule has 1 fully saturated rings. The molecule has 1 N–H and O–H groups in total. The summed E-state index contributed by atoms with van der Waals surface area (Å²) in [5.41, 5.74) is 0.791. The lowest BCUT2D eigenvalue weighted by Gasteiger charge is -2.33. The minimum Gasteiger partial charge on any atom is -0.444 e. The van der Waals surface area contributed by atoms with Gasteiger partial charge in [0.25, 0.3) is 0 Å². The largest absolute Gasteiger partial charge is 0.444 e. The number of carbonyl (C=O) groups excluding carboxylic acids is 1. The maximum Gasteiger partial charge on any atom is 0.410 e. The van der Waals surface area contributed by atoms with Crippen LogP contribution in [0.1, 0.15) is 39.2 Å². The van der Waals surface area contributed by atoms with Gasteiger partial charge in [-0.3, -0.25) is 0 Å². The number of hydrogen-bond donors (Lipinski definition) is 1. The highest BCUT2D eigenvalue weighted by atomic mass is 35.5. The highest BCUT2D eigenvalue weighted by Crippen LogP contribution is 2.16. The lowest BCUT2D eigenvalue weighted by atomic mass is 10.0. The average Bonchev–Trinajstić information content (AvgIpc) is 2.45. The molecule has 1 heterocycles. The molecule has 0 saturated carbocycles. The number of nitrogens with zero attached hydrogens (tertiary/aromatic N) is 1. The van der Waals surface area contributed by atoms with Crippen molar-refractivity contribution in [1.82, 2.24) is 10.2 Å². The summed E-state index contributed by atoms with van der Waals surface area (Å²) in [6.45, 7) is 8.00. The maximum atomic E-state index is 12.0. The normalized spacial score (nSPS) is 15.9. The first-order valence-corrected chi connectivity index (χ1v) is 8.17. The van der Waals surface area contributed by atoms with Crippen molar-refractivity contribution in [2.24, 2.45) is 0 Å². The van der Waals surface area contributed by atoms with E-state index in [0.29, 0.717) is 6.04 Å². The zero-order valence-corrected chi connectivity index (χ0v) is 15.5. The van der Waals surface area contributed by atoms with E-state index in [-0.39, 0.29) is 18.5 Å². The van der Waals surface area contributed by atoms with Gasteiger partial charge in [0, 0.05) is 30.7 Å². The van der Waals surface area contributed by atoms with Gasteiger partial charge in [0.2, 0.25) is 0 Å². The molecule has 0 unspecified atom stereocenters. The van der Waals surface area contributed by atoms with Crippen LogP contribution in [0.5, 0.6) is 0 Å². The summed E-state index contributed by atoms with van der Waals surface area (Å²) in [6, 6.07) is 8.32. The van der Waals surface area contributed by atoms with Gasteiger partial charge in [-0.25, -0.2) is 4.79 Å². The van der Waals surface area contributed by atoms with Crippen LogP contribution >= 0.6 is 24.0 Å². The van der Waals surface area contributed by atoms with Crippen molar-refractivity contribution in [3.63, 3.8) is 0 Å². The fraction of sp³-hybridized carbons (Fsp3) is 0.588. The van der Waals surface area contributed by atoms with Gasteiger partial charge in [0.15, 0.2) is 0 Å². The minimum absolute atomic E-state index is 0. The standard InChI is InChI=1S/C17H25ClN2O2.ClH/c1-17(2,3)22-16(21)20-10-8-15(9-11-20)19-12-13-4-6-14(18)7-5-13;/h4-7,15,19H,8-12H2,1-3H3;1H. The topological polar surface area (TPSA) is 41.6 Å². The minimum atomic E-state index is -0.430. The molecule has 4 nitrogen and oxygen atoms in total. The molecule has 1 aromatic rings. The Labute approximate surface area is 149 Å². The van der Waals surface area contributed by atoms with Gasteiger partial charge in [-0.1, -0.05) is 23.7 Å². The van der Waals surface area contributed by atoms with Crippen LogP contribution in [0.3, 0.4) is 0 Å².